The number of benzene rings is 2. The zero-order valence-electron chi connectivity index (χ0n) is 15.5. The van der Waals surface area contributed by atoms with Gasteiger partial charge in [0.1, 0.15) is 23.4 Å². The Balaban J connectivity index is 1.96. The van der Waals surface area contributed by atoms with Gasteiger partial charge in [0.25, 0.3) is 0 Å². The molecule has 0 amide bonds. The fourth-order valence-electron chi connectivity index (χ4n) is 3.09. The lowest BCUT2D eigenvalue weighted by Crippen LogP contribution is -2.04. The van der Waals surface area contributed by atoms with E-state index in [2.05, 4.69) is 17.2 Å². The molecule has 0 N–H and O–H groups in total. The van der Waals surface area contributed by atoms with Crippen molar-refractivity contribution in [1.29, 1.82) is 10.5 Å². The molecule has 4 aromatic rings. The van der Waals surface area contributed by atoms with Crippen LogP contribution in [-0.2, 0) is 0 Å². The molecule has 0 saturated heterocycles. The lowest BCUT2D eigenvalue weighted by molar-refractivity contribution is 0.820. The lowest BCUT2D eigenvalue weighted by atomic mass is 10.1. The zero-order valence-corrected chi connectivity index (χ0v) is 17.0. The summed E-state index contributed by atoms with van der Waals surface area (Å²) in [7, 11) is 0. The van der Waals surface area contributed by atoms with Crippen LogP contribution in [0.15, 0.2) is 73.1 Å². The summed E-state index contributed by atoms with van der Waals surface area (Å²) >= 11 is 12.1. The molecule has 5 nitrogen and oxygen atoms in total. The van der Waals surface area contributed by atoms with E-state index in [0.717, 1.165) is 5.69 Å². The molecule has 0 unspecified atom stereocenters. The number of aromatic nitrogens is 3. The first-order valence-corrected chi connectivity index (χ1v) is 9.67. The van der Waals surface area contributed by atoms with Crippen LogP contribution in [-0.4, -0.2) is 14.3 Å². The molecule has 2 aromatic carbocycles. The van der Waals surface area contributed by atoms with Crippen molar-refractivity contribution in [2.45, 2.75) is 0 Å². The molecule has 2 heterocycles. The van der Waals surface area contributed by atoms with Crippen LogP contribution in [0.2, 0.25) is 10.0 Å². The zero-order chi connectivity index (χ0) is 21.1. The Morgan fingerprint density at radius 2 is 1.67 bits per heavy atom. The molecular weight excluding hydrogens is 417 g/mol. The van der Waals surface area contributed by atoms with Gasteiger partial charge in [-0.3, -0.25) is 0 Å². The minimum absolute atomic E-state index is 0.244. The predicted molar refractivity (Wildman–Crippen MR) is 118 cm³/mol. The van der Waals surface area contributed by atoms with E-state index in [4.69, 9.17) is 23.2 Å². The molecule has 0 radical (unpaired) electrons. The second-order valence-corrected chi connectivity index (χ2v) is 7.15. The summed E-state index contributed by atoms with van der Waals surface area (Å²) in [5, 5.41) is 25.2. The Kier molecular flexibility index (Phi) is 5.41. The highest BCUT2D eigenvalue weighted by Gasteiger charge is 2.23. The molecule has 0 bridgehead atoms. The number of nitrogens with zero attached hydrogens (tertiary/aromatic N) is 5. The van der Waals surface area contributed by atoms with Crippen molar-refractivity contribution in [3.63, 3.8) is 0 Å². The van der Waals surface area contributed by atoms with E-state index >= 15 is 0 Å². The van der Waals surface area contributed by atoms with E-state index in [1.165, 1.54) is 0 Å². The van der Waals surface area contributed by atoms with E-state index in [0.29, 0.717) is 32.7 Å². The Morgan fingerprint density at radius 3 is 2.30 bits per heavy atom. The molecule has 0 atom stereocenters. The van der Waals surface area contributed by atoms with Crippen LogP contribution in [0.25, 0.3) is 23.2 Å². The molecule has 0 aliphatic carbocycles. The molecule has 7 heteroatoms. The lowest BCUT2D eigenvalue weighted by Gasteiger charge is -2.08. The van der Waals surface area contributed by atoms with Gasteiger partial charge in [-0.15, -0.1) is 0 Å². The maximum Gasteiger partial charge on any atom is 0.159 e. The molecule has 4 rings (SSSR count). The third-order valence-electron chi connectivity index (χ3n) is 4.45. The van der Waals surface area contributed by atoms with E-state index in [1.807, 2.05) is 54.9 Å². The summed E-state index contributed by atoms with van der Waals surface area (Å²) in [6.07, 6.45) is 5.30. The molecule has 144 valence electrons. The maximum absolute atomic E-state index is 9.96. The minimum Gasteiger partial charge on any atom is -0.307 e. The Morgan fingerprint density at radius 1 is 0.933 bits per heavy atom. The Hall–Kier alpha value is -3.77. The highest BCUT2D eigenvalue weighted by molar-refractivity contribution is 6.42. The van der Waals surface area contributed by atoms with Crippen LogP contribution in [0.3, 0.4) is 0 Å². The molecule has 0 spiro atoms. The third-order valence-corrected chi connectivity index (χ3v) is 5.19. The first-order valence-electron chi connectivity index (χ1n) is 8.91. The number of allylic oxidation sites excluding steroid dienone is 1. The van der Waals surface area contributed by atoms with Crippen molar-refractivity contribution in [1.82, 2.24) is 14.3 Å². The number of halogens is 2. The summed E-state index contributed by atoms with van der Waals surface area (Å²) in [4.78, 5) is 0. The average Bonchev–Trinajstić information content (AvgIpc) is 3.42. The summed E-state index contributed by atoms with van der Waals surface area (Å²) in [5.41, 5.74) is 2.28. The molecule has 0 saturated carbocycles. The van der Waals surface area contributed by atoms with Crippen LogP contribution in [0.4, 0.5) is 0 Å². The first kappa shape index (κ1) is 19.5. The van der Waals surface area contributed by atoms with Gasteiger partial charge in [-0.05, 0) is 48.0 Å². The molecule has 30 heavy (non-hydrogen) atoms. The second kappa shape index (κ2) is 8.31. The highest BCUT2D eigenvalue weighted by Crippen LogP contribution is 2.29. The van der Waals surface area contributed by atoms with Gasteiger partial charge in [-0.1, -0.05) is 47.5 Å². The van der Waals surface area contributed by atoms with Gasteiger partial charge < -0.3 is 4.57 Å². The summed E-state index contributed by atoms with van der Waals surface area (Å²) in [6, 6.07) is 22.6. The van der Waals surface area contributed by atoms with Gasteiger partial charge in [-0.25, -0.2) is 4.68 Å². The van der Waals surface area contributed by atoms with Crippen molar-refractivity contribution in [3.05, 3.63) is 99.9 Å². The topological polar surface area (TPSA) is 70.3 Å². The van der Waals surface area contributed by atoms with E-state index in [1.54, 1.807) is 33.5 Å². The number of hydrogen-bond acceptors (Lipinski definition) is 3. The summed E-state index contributed by atoms with van der Waals surface area (Å²) in [6.45, 7) is 0. The minimum atomic E-state index is 0.244. The summed E-state index contributed by atoms with van der Waals surface area (Å²) in [5.74, 6) is 0.555. The molecule has 0 aliphatic rings. The molecular formula is C23H13Cl2N5. The van der Waals surface area contributed by atoms with Gasteiger partial charge in [0.05, 0.1) is 21.3 Å². The largest absolute Gasteiger partial charge is 0.307 e. The van der Waals surface area contributed by atoms with Crippen LogP contribution in [0.1, 0.15) is 16.8 Å². The fraction of sp³-hybridized carbons (Fsp3) is 0. The van der Waals surface area contributed by atoms with Gasteiger partial charge in [0.2, 0.25) is 0 Å². The van der Waals surface area contributed by atoms with Crippen LogP contribution in [0.5, 0.6) is 0 Å². The van der Waals surface area contributed by atoms with Gasteiger partial charge in [0.15, 0.2) is 5.82 Å². The van der Waals surface area contributed by atoms with Crippen LogP contribution >= 0.6 is 23.2 Å². The van der Waals surface area contributed by atoms with Gasteiger partial charge in [-0.2, -0.15) is 15.6 Å². The van der Waals surface area contributed by atoms with E-state index in [9.17, 15) is 10.5 Å². The SMILES string of the molecule is N#CC(=Cc1ccc(Cl)c(Cl)c1)c1nn(-c2ccccc2)c(-n2cccc2)c1C#N. The third kappa shape index (κ3) is 3.60. The number of para-hydroxylation sites is 1. The van der Waals surface area contributed by atoms with Gasteiger partial charge >= 0.3 is 0 Å². The summed E-state index contributed by atoms with van der Waals surface area (Å²) < 4.78 is 3.46. The van der Waals surface area contributed by atoms with Crippen molar-refractivity contribution < 1.29 is 0 Å². The van der Waals surface area contributed by atoms with Crippen LogP contribution in [0, 0.1) is 22.7 Å². The van der Waals surface area contributed by atoms with Crippen molar-refractivity contribution in [2.24, 2.45) is 0 Å². The smallest absolute Gasteiger partial charge is 0.159 e. The second-order valence-electron chi connectivity index (χ2n) is 6.34. The number of rotatable bonds is 4. The predicted octanol–water partition coefficient (Wildman–Crippen LogP) is 5.91. The normalized spacial score (nSPS) is 11.1. The molecule has 0 aliphatic heterocycles. The highest BCUT2D eigenvalue weighted by atomic mass is 35.5. The quantitative estimate of drug-likeness (QED) is 0.378. The maximum atomic E-state index is 9.96. The van der Waals surface area contributed by atoms with Crippen LogP contribution < -0.4 is 0 Å². The monoisotopic (exact) mass is 429 g/mol. The van der Waals surface area contributed by atoms with Crippen molar-refractivity contribution in [2.75, 3.05) is 0 Å². The van der Waals surface area contributed by atoms with Crippen molar-refractivity contribution >= 4 is 34.9 Å². The van der Waals surface area contributed by atoms with E-state index in [-0.39, 0.29) is 5.57 Å². The average molecular weight is 430 g/mol. The standard InChI is InChI=1S/C23H13Cl2N5/c24-20-9-8-16(13-21(20)25)12-17(14-26)22-19(15-27)23(29-10-4-5-11-29)30(28-22)18-6-2-1-3-7-18/h1-13H. The molecule has 0 fully saturated rings. The Labute approximate surface area is 183 Å². The number of nitriles is 2. The number of hydrogen-bond donors (Lipinski definition) is 0. The first-order chi connectivity index (χ1) is 14.6. The van der Waals surface area contributed by atoms with E-state index < -0.39 is 0 Å². The van der Waals surface area contributed by atoms with Crippen molar-refractivity contribution in [3.8, 4) is 23.6 Å². The van der Waals surface area contributed by atoms with Gasteiger partial charge in [0, 0.05) is 12.4 Å². The molecule has 2 aromatic heterocycles. The fourth-order valence-corrected chi connectivity index (χ4v) is 3.39. The Bertz CT molecular complexity index is 1320.